The van der Waals surface area contributed by atoms with Crippen LogP contribution in [0.1, 0.15) is 18.4 Å². The summed E-state index contributed by atoms with van der Waals surface area (Å²) in [7, 11) is 2.00. The topological polar surface area (TPSA) is 74.7 Å². The lowest BCUT2D eigenvalue weighted by Gasteiger charge is -2.22. The molecule has 0 spiro atoms. The number of oxime groups is 1. The van der Waals surface area contributed by atoms with Crippen molar-refractivity contribution in [2.75, 3.05) is 7.05 Å². The monoisotopic (exact) mass is 228 g/mol. The number of nitrogens with two attached hydrogens (primary N) is 1. The van der Waals surface area contributed by atoms with Gasteiger partial charge in [0.25, 0.3) is 0 Å². The maximum Gasteiger partial charge on any atom is 0.140 e. The molecule has 1 rings (SSSR count). The van der Waals surface area contributed by atoms with Gasteiger partial charge in [-0.25, -0.2) is 4.98 Å². The van der Waals surface area contributed by atoms with Gasteiger partial charge in [0, 0.05) is 24.0 Å². The van der Waals surface area contributed by atoms with Crippen LogP contribution in [0.25, 0.3) is 0 Å². The van der Waals surface area contributed by atoms with Crippen molar-refractivity contribution in [3.8, 4) is 0 Å². The maximum absolute atomic E-state index is 8.46. The van der Waals surface area contributed by atoms with E-state index in [1.165, 1.54) is 0 Å². The van der Waals surface area contributed by atoms with E-state index in [1.807, 2.05) is 19.4 Å². The second-order valence-corrected chi connectivity index (χ2v) is 4.46. The molecular weight excluding hydrogens is 212 g/mol. The second-order valence-electron chi connectivity index (χ2n) is 3.49. The first-order chi connectivity index (χ1) is 7.13. The van der Waals surface area contributed by atoms with E-state index in [4.69, 9.17) is 10.9 Å². The van der Waals surface area contributed by atoms with Crippen LogP contribution in [-0.2, 0) is 6.54 Å². The minimum absolute atomic E-state index is 0.227. The normalized spacial score (nSPS) is 14.5. The number of hydrogen-bond acceptors (Lipinski definition) is 5. The molecule has 6 heteroatoms. The molecule has 1 aromatic heterocycles. The molecule has 1 unspecified atom stereocenters. The van der Waals surface area contributed by atoms with Crippen LogP contribution >= 0.6 is 11.3 Å². The van der Waals surface area contributed by atoms with Gasteiger partial charge in [0.1, 0.15) is 10.8 Å². The molecular formula is C9H16N4OS. The molecule has 1 heterocycles. The molecule has 0 aromatic carbocycles. The van der Waals surface area contributed by atoms with Gasteiger partial charge in [0.15, 0.2) is 0 Å². The molecule has 0 amide bonds. The van der Waals surface area contributed by atoms with Crippen LogP contribution in [0, 0.1) is 0 Å². The van der Waals surface area contributed by atoms with E-state index < -0.39 is 0 Å². The molecule has 0 radical (unpaired) electrons. The molecule has 84 valence electrons. The largest absolute Gasteiger partial charge is 0.409 e. The lowest BCUT2D eigenvalue weighted by molar-refractivity contribution is 0.250. The Morgan fingerprint density at radius 3 is 3.07 bits per heavy atom. The predicted molar refractivity (Wildman–Crippen MR) is 61.1 cm³/mol. The van der Waals surface area contributed by atoms with E-state index in [0.29, 0.717) is 6.42 Å². The third kappa shape index (κ3) is 3.85. The molecule has 3 N–H and O–H groups in total. The Hall–Kier alpha value is -1.14. The molecule has 0 saturated carbocycles. The highest BCUT2D eigenvalue weighted by atomic mass is 32.1. The molecule has 0 aliphatic carbocycles. The third-order valence-corrected chi connectivity index (χ3v) is 3.02. The van der Waals surface area contributed by atoms with Gasteiger partial charge >= 0.3 is 0 Å². The Balaban J connectivity index is 2.43. The molecule has 0 bridgehead atoms. The van der Waals surface area contributed by atoms with Crippen molar-refractivity contribution in [2.24, 2.45) is 10.9 Å². The van der Waals surface area contributed by atoms with Crippen LogP contribution in [0.5, 0.6) is 0 Å². The molecule has 1 atom stereocenters. The van der Waals surface area contributed by atoms with Crippen molar-refractivity contribution in [2.45, 2.75) is 25.9 Å². The van der Waals surface area contributed by atoms with Gasteiger partial charge in [-0.1, -0.05) is 5.16 Å². The highest BCUT2D eigenvalue weighted by Gasteiger charge is 2.12. The quantitative estimate of drug-likeness (QED) is 0.342. The van der Waals surface area contributed by atoms with E-state index in [2.05, 4.69) is 15.0 Å². The molecule has 1 aromatic rings. The third-order valence-electron chi connectivity index (χ3n) is 2.25. The first kappa shape index (κ1) is 11.9. The average molecular weight is 228 g/mol. The van der Waals surface area contributed by atoms with Crippen LogP contribution in [0.15, 0.2) is 16.7 Å². The fourth-order valence-corrected chi connectivity index (χ4v) is 1.88. The molecule has 0 saturated heterocycles. The Morgan fingerprint density at radius 2 is 2.53 bits per heavy atom. The van der Waals surface area contributed by atoms with Crippen molar-refractivity contribution in [3.63, 3.8) is 0 Å². The summed E-state index contributed by atoms with van der Waals surface area (Å²) in [6.45, 7) is 2.82. The fourth-order valence-electron chi connectivity index (χ4n) is 1.20. The number of hydrogen-bond donors (Lipinski definition) is 2. The van der Waals surface area contributed by atoms with Crippen molar-refractivity contribution >= 4 is 17.2 Å². The van der Waals surface area contributed by atoms with Crippen molar-refractivity contribution < 1.29 is 5.21 Å². The molecule has 15 heavy (non-hydrogen) atoms. The summed E-state index contributed by atoms with van der Waals surface area (Å²) >= 11 is 1.63. The minimum atomic E-state index is 0.227. The number of thiazole rings is 1. The smallest absolute Gasteiger partial charge is 0.140 e. The molecule has 0 aliphatic rings. The summed E-state index contributed by atoms with van der Waals surface area (Å²) in [6.07, 6.45) is 2.35. The van der Waals surface area contributed by atoms with Crippen LogP contribution in [0.2, 0.25) is 0 Å². The molecule has 0 fully saturated rings. The van der Waals surface area contributed by atoms with Gasteiger partial charge < -0.3 is 10.9 Å². The second kappa shape index (κ2) is 5.67. The number of aromatic nitrogens is 1. The van der Waals surface area contributed by atoms with Gasteiger partial charge in [-0.05, 0) is 14.0 Å². The summed E-state index contributed by atoms with van der Waals surface area (Å²) < 4.78 is 0. The first-order valence-corrected chi connectivity index (χ1v) is 5.56. The number of nitrogens with zero attached hydrogens (tertiary/aromatic N) is 3. The zero-order valence-electron chi connectivity index (χ0n) is 8.92. The SMILES string of the molecule is CC(CC(N)=NO)N(C)Cc1nccs1. The lowest BCUT2D eigenvalue weighted by atomic mass is 10.2. The van der Waals surface area contributed by atoms with Crippen LogP contribution < -0.4 is 5.73 Å². The lowest BCUT2D eigenvalue weighted by Crippen LogP contribution is -2.32. The van der Waals surface area contributed by atoms with E-state index in [9.17, 15) is 0 Å². The van der Waals surface area contributed by atoms with E-state index >= 15 is 0 Å². The predicted octanol–water partition coefficient (Wildman–Crippen LogP) is 1.10. The van der Waals surface area contributed by atoms with Crippen LogP contribution in [-0.4, -0.2) is 34.0 Å². The van der Waals surface area contributed by atoms with Crippen molar-refractivity contribution in [3.05, 3.63) is 16.6 Å². The summed E-state index contributed by atoms with van der Waals surface area (Å²) in [6, 6.07) is 0.227. The average Bonchev–Trinajstić information content (AvgIpc) is 2.70. The van der Waals surface area contributed by atoms with E-state index in [-0.39, 0.29) is 11.9 Å². The van der Waals surface area contributed by atoms with E-state index in [1.54, 1.807) is 17.5 Å². The summed E-state index contributed by atoms with van der Waals surface area (Å²) in [4.78, 5) is 6.33. The Morgan fingerprint density at radius 1 is 1.80 bits per heavy atom. The van der Waals surface area contributed by atoms with Gasteiger partial charge in [-0.15, -0.1) is 11.3 Å². The number of amidine groups is 1. The molecule has 5 nitrogen and oxygen atoms in total. The van der Waals surface area contributed by atoms with Crippen molar-refractivity contribution in [1.29, 1.82) is 0 Å². The zero-order valence-corrected chi connectivity index (χ0v) is 9.74. The minimum Gasteiger partial charge on any atom is -0.409 e. The van der Waals surface area contributed by atoms with Gasteiger partial charge in [-0.3, -0.25) is 4.90 Å². The standard InChI is InChI=1S/C9H16N4OS/c1-7(5-8(10)12-14)13(2)6-9-11-3-4-15-9/h3-4,7,14H,5-6H2,1-2H3,(H2,10,12). The van der Waals surface area contributed by atoms with Crippen LogP contribution in [0.3, 0.4) is 0 Å². The van der Waals surface area contributed by atoms with E-state index in [0.717, 1.165) is 11.6 Å². The maximum atomic E-state index is 8.46. The zero-order chi connectivity index (χ0) is 11.3. The van der Waals surface area contributed by atoms with Crippen molar-refractivity contribution in [1.82, 2.24) is 9.88 Å². The Bertz CT molecular complexity index is 312. The summed E-state index contributed by atoms with van der Waals surface area (Å²) in [5.74, 6) is 0.258. The molecule has 0 aliphatic heterocycles. The Kier molecular flexibility index (Phi) is 4.51. The van der Waals surface area contributed by atoms with Gasteiger partial charge in [0.05, 0.1) is 6.54 Å². The summed E-state index contributed by atoms with van der Waals surface area (Å²) in [5.41, 5.74) is 5.45. The highest BCUT2D eigenvalue weighted by Crippen LogP contribution is 2.10. The van der Waals surface area contributed by atoms with Crippen LogP contribution in [0.4, 0.5) is 0 Å². The fraction of sp³-hybridized carbons (Fsp3) is 0.556. The van der Waals surface area contributed by atoms with Gasteiger partial charge in [-0.2, -0.15) is 0 Å². The first-order valence-electron chi connectivity index (χ1n) is 4.68. The summed E-state index contributed by atoms with van der Waals surface area (Å²) in [5, 5.41) is 14.4. The highest BCUT2D eigenvalue weighted by molar-refractivity contribution is 7.09. The number of rotatable bonds is 5. The Labute approximate surface area is 93.2 Å². The van der Waals surface area contributed by atoms with Gasteiger partial charge in [0.2, 0.25) is 0 Å².